The van der Waals surface area contributed by atoms with E-state index in [-0.39, 0.29) is 23.4 Å². The largest absolute Gasteiger partial charge is 0.497 e. The van der Waals surface area contributed by atoms with E-state index in [4.69, 9.17) is 16.3 Å². The SMILES string of the molecule is CC[C@@H](C(=O)NC1CCCC1)N(Cc1ccccc1Cl)C(=O)CN(c1ccccc1)S(=O)(=O)c1ccc(OC)cc1. The van der Waals surface area contributed by atoms with E-state index in [1.807, 2.05) is 13.0 Å². The highest BCUT2D eigenvalue weighted by Gasteiger charge is 2.34. The molecule has 4 rings (SSSR count). The molecule has 41 heavy (non-hydrogen) atoms. The number of hydrogen-bond acceptors (Lipinski definition) is 5. The summed E-state index contributed by atoms with van der Waals surface area (Å²) < 4.78 is 34.1. The van der Waals surface area contributed by atoms with Gasteiger partial charge >= 0.3 is 0 Å². The third kappa shape index (κ3) is 7.40. The Morgan fingerprint density at radius 3 is 2.22 bits per heavy atom. The minimum absolute atomic E-state index is 0.0126. The lowest BCUT2D eigenvalue weighted by Gasteiger charge is -2.34. The van der Waals surface area contributed by atoms with Crippen LogP contribution in [0.25, 0.3) is 0 Å². The highest BCUT2D eigenvalue weighted by Crippen LogP contribution is 2.27. The second kappa shape index (κ2) is 13.9. The van der Waals surface area contributed by atoms with Crippen LogP contribution in [0.5, 0.6) is 5.75 Å². The van der Waals surface area contributed by atoms with Crippen molar-refractivity contribution < 1.29 is 22.7 Å². The van der Waals surface area contributed by atoms with Crippen molar-refractivity contribution in [1.29, 1.82) is 0 Å². The average molecular weight is 598 g/mol. The van der Waals surface area contributed by atoms with Crippen molar-refractivity contribution in [3.8, 4) is 5.75 Å². The fourth-order valence-electron chi connectivity index (χ4n) is 5.10. The Morgan fingerprint density at radius 2 is 1.61 bits per heavy atom. The number of carbonyl (C=O) groups is 2. The van der Waals surface area contributed by atoms with Gasteiger partial charge in [-0.15, -0.1) is 0 Å². The molecular weight excluding hydrogens is 562 g/mol. The molecule has 1 N–H and O–H groups in total. The Bertz CT molecular complexity index is 1430. The molecule has 0 saturated heterocycles. The van der Waals surface area contributed by atoms with Crippen molar-refractivity contribution in [1.82, 2.24) is 10.2 Å². The number of para-hydroxylation sites is 1. The summed E-state index contributed by atoms with van der Waals surface area (Å²) in [5.74, 6) is -0.250. The first-order valence-corrected chi connectivity index (χ1v) is 15.6. The summed E-state index contributed by atoms with van der Waals surface area (Å²) in [4.78, 5) is 29.1. The van der Waals surface area contributed by atoms with Gasteiger partial charge < -0.3 is 15.0 Å². The maximum absolute atomic E-state index is 14.1. The molecule has 10 heteroatoms. The minimum atomic E-state index is -4.16. The van der Waals surface area contributed by atoms with Crippen molar-refractivity contribution in [3.05, 3.63) is 89.4 Å². The molecule has 0 radical (unpaired) electrons. The van der Waals surface area contributed by atoms with Crippen LogP contribution in [0.4, 0.5) is 5.69 Å². The van der Waals surface area contributed by atoms with Crippen LogP contribution in [0.1, 0.15) is 44.6 Å². The van der Waals surface area contributed by atoms with Gasteiger partial charge in [0.2, 0.25) is 11.8 Å². The van der Waals surface area contributed by atoms with Crippen LogP contribution in [0.15, 0.2) is 83.8 Å². The molecule has 218 valence electrons. The van der Waals surface area contributed by atoms with Crippen LogP contribution in [0.3, 0.4) is 0 Å². The number of carbonyl (C=O) groups excluding carboxylic acids is 2. The zero-order valence-electron chi connectivity index (χ0n) is 23.3. The summed E-state index contributed by atoms with van der Waals surface area (Å²) in [5.41, 5.74) is 0.997. The molecule has 8 nitrogen and oxygen atoms in total. The number of halogens is 1. The molecule has 2 amide bonds. The number of nitrogens with zero attached hydrogens (tertiary/aromatic N) is 2. The van der Waals surface area contributed by atoms with Gasteiger partial charge in [0.1, 0.15) is 18.3 Å². The van der Waals surface area contributed by atoms with Crippen molar-refractivity contribution >= 4 is 39.1 Å². The van der Waals surface area contributed by atoms with Gasteiger partial charge in [-0.05, 0) is 67.3 Å². The Morgan fingerprint density at radius 1 is 0.976 bits per heavy atom. The van der Waals surface area contributed by atoms with Gasteiger partial charge in [0.15, 0.2) is 0 Å². The van der Waals surface area contributed by atoms with Crippen LogP contribution in [-0.4, -0.2) is 50.9 Å². The lowest BCUT2D eigenvalue weighted by molar-refractivity contribution is -0.140. The normalized spacial score (nSPS) is 14.3. The monoisotopic (exact) mass is 597 g/mol. The number of anilines is 1. The highest BCUT2D eigenvalue weighted by molar-refractivity contribution is 7.92. The summed E-state index contributed by atoms with van der Waals surface area (Å²) in [6.45, 7) is 1.39. The topological polar surface area (TPSA) is 96.0 Å². The smallest absolute Gasteiger partial charge is 0.264 e. The Kier molecular flexibility index (Phi) is 10.3. The second-order valence-electron chi connectivity index (χ2n) is 10.0. The van der Waals surface area contributed by atoms with Gasteiger partial charge in [0.05, 0.1) is 17.7 Å². The predicted octanol–water partition coefficient (Wildman–Crippen LogP) is 5.41. The van der Waals surface area contributed by atoms with E-state index in [2.05, 4.69) is 5.32 Å². The Labute approximate surface area is 247 Å². The van der Waals surface area contributed by atoms with Crippen molar-refractivity contribution in [2.24, 2.45) is 0 Å². The maximum atomic E-state index is 14.1. The summed E-state index contributed by atoms with van der Waals surface area (Å²) in [5, 5.41) is 3.57. The third-order valence-electron chi connectivity index (χ3n) is 7.36. The summed E-state index contributed by atoms with van der Waals surface area (Å²) in [7, 11) is -2.66. The number of benzene rings is 3. The zero-order valence-corrected chi connectivity index (χ0v) is 24.9. The van der Waals surface area contributed by atoms with Crippen LogP contribution >= 0.6 is 11.6 Å². The van der Waals surface area contributed by atoms with Gasteiger partial charge in [-0.2, -0.15) is 0 Å². The first kappa shape index (κ1) is 30.4. The molecule has 0 heterocycles. The molecule has 3 aromatic carbocycles. The Balaban J connectivity index is 1.70. The maximum Gasteiger partial charge on any atom is 0.264 e. The number of amides is 2. The molecule has 0 unspecified atom stereocenters. The van der Waals surface area contributed by atoms with Crippen LogP contribution in [0, 0.1) is 0 Å². The molecule has 0 aliphatic heterocycles. The van der Waals surface area contributed by atoms with Gasteiger partial charge in [-0.25, -0.2) is 8.42 Å². The number of sulfonamides is 1. The fourth-order valence-corrected chi connectivity index (χ4v) is 6.70. The van der Waals surface area contributed by atoms with Crippen LogP contribution < -0.4 is 14.4 Å². The Hall–Kier alpha value is -3.56. The molecule has 0 bridgehead atoms. The average Bonchev–Trinajstić information content (AvgIpc) is 3.50. The van der Waals surface area contributed by atoms with Crippen molar-refractivity contribution in [2.75, 3.05) is 18.0 Å². The molecule has 0 spiro atoms. The van der Waals surface area contributed by atoms with Gasteiger partial charge in [-0.1, -0.05) is 67.8 Å². The van der Waals surface area contributed by atoms with E-state index >= 15 is 0 Å². The van der Waals surface area contributed by atoms with Gasteiger partial charge in [-0.3, -0.25) is 13.9 Å². The molecule has 1 saturated carbocycles. The molecular formula is C31H36ClN3O5S. The number of nitrogens with one attached hydrogen (secondary N) is 1. The van der Waals surface area contributed by atoms with E-state index < -0.39 is 28.5 Å². The number of methoxy groups -OCH3 is 1. The number of hydrogen-bond donors (Lipinski definition) is 1. The van der Waals surface area contributed by atoms with E-state index in [0.29, 0.717) is 28.4 Å². The quantitative estimate of drug-likeness (QED) is 0.301. The highest BCUT2D eigenvalue weighted by atomic mass is 35.5. The number of rotatable bonds is 12. The molecule has 1 atom stereocenters. The van der Waals surface area contributed by atoms with Crippen molar-refractivity contribution in [3.63, 3.8) is 0 Å². The van der Waals surface area contributed by atoms with Crippen molar-refractivity contribution in [2.45, 2.75) is 62.6 Å². The van der Waals surface area contributed by atoms with Crippen LogP contribution in [0.2, 0.25) is 5.02 Å². The first-order chi connectivity index (χ1) is 19.7. The van der Waals surface area contributed by atoms with E-state index in [1.165, 1.54) is 24.1 Å². The lowest BCUT2D eigenvalue weighted by atomic mass is 10.1. The van der Waals surface area contributed by atoms with E-state index in [1.54, 1.807) is 60.7 Å². The molecule has 1 aliphatic rings. The van der Waals surface area contributed by atoms with E-state index in [9.17, 15) is 18.0 Å². The molecule has 1 aliphatic carbocycles. The molecule has 3 aromatic rings. The second-order valence-corrected chi connectivity index (χ2v) is 12.3. The van der Waals surface area contributed by atoms with Crippen LogP contribution in [-0.2, 0) is 26.2 Å². The summed E-state index contributed by atoms with van der Waals surface area (Å²) in [6.07, 6.45) is 4.27. The number of ether oxygens (including phenoxy) is 1. The lowest BCUT2D eigenvalue weighted by Crippen LogP contribution is -2.53. The van der Waals surface area contributed by atoms with Gasteiger partial charge in [0, 0.05) is 17.6 Å². The fraction of sp³-hybridized carbons (Fsp3) is 0.355. The minimum Gasteiger partial charge on any atom is -0.497 e. The molecule has 1 fully saturated rings. The van der Waals surface area contributed by atoms with Gasteiger partial charge in [0.25, 0.3) is 10.0 Å². The zero-order chi connectivity index (χ0) is 29.4. The predicted molar refractivity (Wildman–Crippen MR) is 160 cm³/mol. The molecule has 0 aromatic heterocycles. The van der Waals surface area contributed by atoms with E-state index in [0.717, 1.165) is 30.0 Å². The first-order valence-electron chi connectivity index (χ1n) is 13.8. The standard InChI is InChI=1S/C31H36ClN3O5S/c1-3-29(31(37)33-24-12-8-9-13-24)34(21-23-11-7-10-16-28(23)32)30(36)22-35(25-14-5-4-6-15-25)41(38,39)27-19-17-26(40-2)18-20-27/h4-7,10-11,14-20,24,29H,3,8-9,12-13,21-22H2,1-2H3,(H,33,37)/t29-/m0/s1. The third-order valence-corrected chi connectivity index (χ3v) is 9.51. The summed E-state index contributed by atoms with van der Waals surface area (Å²) >= 11 is 6.46. The summed E-state index contributed by atoms with van der Waals surface area (Å²) in [6, 6.07) is 20.9.